The van der Waals surface area contributed by atoms with Gasteiger partial charge in [0.25, 0.3) is 0 Å². The maximum Gasteiger partial charge on any atom is 0.164 e. The van der Waals surface area contributed by atoms with Crippen molar-refractivity contribution >= 4 is 0 Å². The van der Waals surface area contributed by atoms with Crippen LogP contribution in [0.4, 0.5) is 0 Å². The molecule has 2 heterocycles. The minimum absolute atomic E-state index is 0.399. The van der Waals surface area contributed by atoms with E-state index in [0.29, 0.717) is 17.5 Å². The summed E-state index contributed by atoms with van der Waals surface area (Å²) >= 11 is 0. The van der Waals surface area contributed by atoms with Crippen LogP contribution in [0.2, 0.25) is 0 Å². The van der Waals surface area contributed by atoms with Crippen LogP contribution in [0.1, 0.15) is 22.3 Å². The lowest BCUT2D eigenvalue weighted by atomic mass is 9.70. The number of hydrogen-bond donors (Lipinski definition) is 0. The summed E-state index contributed by atoms with van der Waals surface area (Å²) in [6, 6.07) is 65.1. The number of nitrogens with zero attached hydrogens (tertiary/aromatic N) is 4. The molecule has 0 saturated carbocycles. The molecular formula is C51H32N4. The van der Waals surface area contributed by atoms with Crippen LogP contribution >= 0.6 is 0 Å². The molecule has 256 valence electrons. The highest BCUT2D eigenvalue weighted by atomic mass is 15.0. The molecule has 55 heavy (non-hydrogen) atoms. The van der Waals surface area contributed by atoms with Crippen LogP contribution in [0.3, 0.4) is 0 Å². The minimum atomic E-state index is -0.399. The third-order valence-electron chi connectivity index (χ3n) is 11.3. The lowest BCUT2D eigenvalue weighted by Gasteiger charge is -2.30. The Morgan fingerprint density at radius 3 is 1.25 bits per heavy atom. The molecule has 0 bridgehead atoms. The van der Waals surface area contributed by atoms with Gasteiger partial charge in [-0.25, -0.2) is 15.0 Å². The van der Waals surface area contributed by atoms with E-state index >= 15 is 0 Å². The van der Waals surface area contributed by atoms with E-state index in [9.17, 15) is 0 Å². The Hall–Kier alpha value is -7.30. The van der Waals surface area contributed by atoms with Crippen molar-refractivity contribution in [1.29, 1.82) is 0 Å². The fourth-order valence-electron chi connectivity index (χ4n) is 8.84. The average Bonchev–Trinajstić information content (AvgIpc) is 3.74. The molecule has 4 heteroatoms. The molecule has 2 aliphatic rings. The van der Waals surface area contributed by atoms with Gasteiger partial charge in [-0.1, -0.05) is 152 Å². The summed E-state index contributed by atoms with van der Waals surface area (Å²) in [5.74, 6) is 1.84. The molecule has 0 saturated heterocycles. The Labute approximate surface area is 319 Å². The Kier molecular flexibility index (Phi) is 7.04. The molecule has 0 aliphatic heterocycles. The molecular weight excluding hydrogens is 669 g/mol. The summed E-state index contributed by atoms with van der Waals surface area (Å²) in [5, 5.41) is 0. The van der Waals surface area contributed by atoms with Gasteiger partial charge in [0, 0.05) is 29.1 Å². The quantitative estimate of drug-likeness (QED) is 0.179. The van der Waals surface area contributed by atoms with Crippen molar-refractivity contribution < 1.29 is 0 Å². The summed E-state index contributed by atoms with van der Waals surface area (Å²) in [5.41, 5.74) is 17.3. The molecule has 0 fully saturated rings. The van der Waals surface area contributed by atoms with Gasteiger partial charge in [-0.3, -0.25) is 4.98 Å². The second kappa shape index (κ2) is 12.4. The zero-order valence-corrected chi connectivity index (χ0v) is 29.8. The van der Waals surface area contributed by atoms with Gasteiger partial charge in [-0.15, -0.1) is 0 Å². The van der Waals surface area contributed by atoms with Crippen LogP contribution in [-0.4, -0.2) is 19.9 Å². The van der Waals surface area contributed by atoms with Crippen LogP contribution in [0.5, 0.6) is 0 Å². The van der Waals surface area contributed by atoms with E-state index < -0.39 is 5.41 Å². The fourth-order valence-corrected chi connectivity index (χ4v) is 8.84. The Morgan fingerprint density at radius 2 is 0.691 bits per heavy atom. The summed E-state index contributed by atoms with van der Waals surface area (Å²) in [6.07, 6.45) is 3.55. The molecule has 0 N–H and O–H groups in total. The van der Waals surface area contributed by atoms with Crippen LogP contribution in [-0.2, 0) is 5.41 Å². The van der Waals surface area contributed by atoms with Gasteiger partial charge >= 0.3 is 0 Å². The van der Waals surface area contributed by atoms with Crippen molar-refractivity contribution in [3.63, 3.8) is 0 Å². The topological polar surface area (TPSA) is 51.6 Å². The first-order valence-electron chi connectivity index (χ1n) is 18.6. The van der Waals surface area contributed by atoms with Gasteiger partial charge in [0.2, 0.25) is 0 Å². The van der Waals surface area contributed by atoms with Crippen molar-refractivity contribution in [2.45, 2.75) is 5.41 Å². The maximum absolute atomic E-state index is 5.12. The summed E-state index contributed by atoms with van der Waals surface area (Å²) < 4.78 is 0. The van der Waals surface area contributed by atoms with E-state index in [4.69, 9.17) is 15.0 Å². The second-order valence-electron chi connectivity index (χ2n) is 14.2. The zero-order chi connectivity index (χ0) is 36.3. The Bertz CT molecular complexity index is 2870. The first kappa shape index (κ1) is 31.2. The fraction of sp³-hybridized carbons (Fsp3) is 0.0196. The Balaban J connectivity index is 1.06. The van der Waals surface area contributed by atoms with Gasteiger partial charge in [0.15, 0.2) is 17.5 Å². The molecule has 0 unspecified atom stereocenters. The predicted molar refractivity (Wildman–Crippen MR) is 221 cm³/mol. The largest absolute Gasteiger partial charge is 0.265 e. The highest BCUT2D eigenvalue weighted by Crippen LogP contribution is 2.63. The molecule has 9 aromatic rings. The first-order valence-corrected chi connectivity index (χ1v) is 18.6. The highest BCUT2D eigenvalue weighted by molar-refractivity contribution is 5.96. The molecule has 2 aromatic heterocycles. The van der Waals surface area contributed by atoms with E-state index in [-0.39, 0.29) is 0 Å². The van der Waals surface area contributed by atoms with Gasteiger partial charge in [-0.05, 0) is 97.1 Å². The van der Waals surface area contributed by atoms with Crippen molar-refractivity contribution in [1.82, 2.24) is 19.9 Å². The van der Waals surface area contributed by atoms with Crippen LogP contribution < -0.4 is 0 Å². The minimum Gasteiger partial charge on any atom is -0.265 e. The molecule has 4 nitrogen and oxygen atoms in total. The lowest BCUT2D eigenvalue weighted by Crippen LogP contribution is -2.25. The van der Waals surface area contributed by atoms with E-state index in [1.54, 1.807) is 12.4 Å². The third-order valence-corrected chi connectivity index (χ3v) is 11.3. The predicted octanol–water partition coefficient (Wildman–Crippen LogP) is 11.9. The molecule has 0 amide bonds. The molecule has 7 aromatic carbocycles. The normalized spacial score (nSPS) is 12.9. The SMILES string of the molecule is c1ccc(-c2cccc(-c3nc(-c4ccncc4)nc(-c4cccc(-c5ccc6c(c5)C5(c7ccccc7-c7ccccc75)c5ccccc5-6)c4)n3)c2)cc1. The monoisotopic (exact) mass is 700 g/mol. The number of fused-ring (bicyclic) bond motifs is 10. The van der Waals surface area contributed by atoms with Gasteiger partial charge in [0.1, 0.15) is 0 Å². The number of rotatable bonds is 5. The van der Waals surface area contributed by atoms with Crippen molar-refractivity contribution in [3.05, 3.63) is 217 Å². The zero-order valence-electron chi connectivity index (χ0n) is 29.8. The highest BCUT2D eigenvalue weighted by Gasteiger charge is 2.51. The van der Waals surface area contributed by atoms with Gasteiger partial charge in [0.05, 0.1) is 5.41 Å². The second-order valence-corrected chi connectivity index (χ2v) is 14.2. The lowest BCUT2D eigenvalue weighted by molar-refractivity contribution is 0.794. The molecule has 2 aliphatic carbocycles. The molecule has 0 radical (unpaired) electrons. The van der Waals surface area contributed by atoms with Crippen LogP contribution in [0.25, 0.3) is 78.7 Å². The summed E-state index contributed by atoms with van der Waals surface area (Å²) in [7, 11) is 0. The number of aromatic nitrogens is 4. The van der Waals surface area contributed by atoms with Gasteiger partial charge < -0.3 is 0 Å². The number of pyridine rings is 1. The molecule has 1 spiro atoms. The molecule has 11 rings (SSSR count). The van der Waals surface area contributed by atoms with Crippen molar-refractivity contribution in [2.75, 3.05) is 0 Å². The van der Waals surface area contributed by atoms with Crippen LogP contribution in [0.15, 0.2) is 194 Å². The van der Waals surface area contributed by atoms with E-state index in [2.05, 4.69) is 169 Å². The van der Waals surface area contributed by atoms with Gasteiger partial charge in [-0.2, -0.15) is 0 Å². The number of benzene rings is 7. The standard InChI is InChI=1S/C51H32N4/c1-2-12-33(13-3-1)35-14-10-16-38(30-35)49-53-48(34-26-28-52-29-27-34)54-50(55-49)39-17-11-15-36(31-39)37-24-25-43-42-20-6-9-23-46(42)51(47(43)32-37)44-21-7-4-18-40(44)41-19-5-8-22-45(41)51/h1-32H. The first-order chi connectivity index (χ1) is 27.3. The van der Waals surface area contributed by atoms with Crippen molar-refractivity contribution in [2.24, 2.45) is 0 Å². The van der Waals surface area contributed by atoms with E-state index in [1.165, 1.54) is 44.5 Å². The smallest absolute Gasteiger partial charge is 0.164 e. The molecule has 0 atom stereocenters. The maximum atomic E-state index is 5.12. The summed E-state index contributed by atoms with van der Waals surface area (Å²) in [6.45, 7) is 0. The average molecular weight is 701 g/mol. The van der Waals surface area contributed by atoms with Crippen LogP contribution in [0, 0.1) is 0 Å². The Morgan fingerprint density at radius 1 is 0.273 bits per heavy atom. The summed E-state index contributed by atoms with van der Waals surface area (Å²) in [4.78, 5) is 19.4. The van der Waals surface area contributed by atoms with Crippen molar-refractivity contribution in [3.8, 4) is 78.7 Å². The van der Waals surface area contributed by atoms with E-state index in [1.807, 2.05) is 18.2 Å². The third kappa shape index (κ3) is 4.85. The van der Waals surface area contributed by atoms with E-state index in [0.717, 1.165) is 38.9 Å². The number of hydrogen-bond acceptors (Lipinski definition) is 4.